The SMILES string of the molecule is Fc1c(NCc2cccc(CN3CCOCC3)c2)ccc2c(Cl)ccnc12. The molecule has 0 radical (unpaired) electrons. The molecule has 3 aromatic rings. The number of anilines is 1. The number of nitrogens with one attached hydrogen (secondary N) is 1. The lowest BCUT2D eigenvalue weighted by Gasteiger charge is -2.26. The van der Waals surface area contributed by atoms with E-state index in [4.69, 9.17) is 16.3 Å². The van der Waals surface area contributed by atoms with Crippen molar-refractivity contribution in [3.63, 3.8) is 0 Å². The van der Waals surface area contributed by atoms with Crippen LogP contribution in [0.1, 0.15) is 11.1 Å². The molecule has 4 nitrogen and oxygen atoms in total. The highest BCUT2D eigenvalue weighted by Gasteiger charge is 2.12. The van der Waals surface area contributed by atoms with Gasteiger partial charge in [0, 0.05) is 37.8 Å². The molecule has 27 heavy (non-hydrogen) atoms. The van der Waals surface area contributed by atoms with Gasteiger partial charge in [-0.25, -0.2) is 4.39 Å². The second-order valence-corrected chi connectivity index (χ2v) is 7.09. The molecule has 1 fully saturated rings. The Morgan fingerprint density at radius 2 is 1.93 bits per heavy atom. The summed E-state index contributed by atoms with van der Waals surface area (Å²) in [6.45, 7) is 4.95. The minimum Gasteiger partial charge on any atom is -0.379 e. The number of fused-ring (bicyclic) bond motifs is 1. The first-order chi connectivity index (χ1) is 13.2. The van der Waals surface area contributed by atoms with Gasteiger partial charge in [-0.15, -0.1) is 0 Å². The first-order valence-corrected chi connectivity index (χ1v) is 9.43. The van der Waals surface area contributed by atoms with E-state index >= 15 is 0 Å². The lowest BCUT2D eigenvalue weighted by molar-refractivity contribution is 0.0342. The molecule has 0 unspecified atom stereocenters. The fraction of sp³-hybridized carbons (Fsp3) is 0.286. The number of pyridine rings is 1. The standard InChI is InChI=1S/C21H21ClFN3O/c22-18-6-7-24-21-17(18)4-5-19(20(21)23)25-13-15-2-1-3-16(12-15)14-26-8-10-27-11-9-26/h1-7,12,25H,8-11,13-14H2. The van der Waals surface area contributed by atoms with Gasteiger partial charge in [0.05, 0.1) is 23.9 Å². The summed E-state index contributed by atoms with van der Waals surface area (Å²) in [5, 5.41) is 4.30. The second kappa shape index (κ2) is 8.21. The van der Waals surface area contributed by atoms with Gasteiger partial charge in [-0.1, -0.05) is 35.9 Å². The van der Waals surface area contributed by atoms with Crippen LogP contribution < -0.4 is 5.32 Å². The molecule has 1 saturated heterocycles. The first kappa shape index (κ1) is 18.2. The summed E-state index contributed by atoms with van der Waals surface area (Å²) < 4.78 is 20.1. The Bertz CT molecular complexity index is 944. The van der Waals surface area contributed by atoms with Gasteiger partial charge < -0.3 is 10.1 Å². The molecular weight excluding hydrogens is 365 g/mol. The highest BCUT2D eigenvalue weighted by molar-refractivity contribution is 6.35. The number of ether oxygens (including phenoxy) is 1. The predicted octanol–water partition coefficient (Wildman–Crippen LogP) is 4.47. The van der Waals surface area contributed by atoms with E-state index < -0.39 is 0 Å². The lowest BCUT2D eigenvalue weighted by atomic mass is 10.1. The van der Waals surface area contributed by atoms with Crippen LogP contribution in [0.2, 0.25) is 5.02 Å². The summed E-state index contributed by atoms with van der Waals surface area (Å²) in [6.07, 6.45) is 1.52. The third-order valence-corrected chi connectivity index (χ3v) is 5.11. The van der Waals surface area contributed by atoms with Crippen LogP contribution in [0, 0.1) is 5.82 Å². The van der Waals surface area contributed by atoms with Crippen LogP contribution in [0.3, 0.4) is 0 Å². The Morgan fingerprint density at radius 3 is 2.78 bits per heavy atom. The predicted molar refractivity (Wildman–Crippen MR) is 107 cm³/mol. The Balaban J connectivity index is 1.46. The normalized spacial score (nSPS) is 15.2. The van der Waals surface area contributed by atoms with Crippen LogP contribution in [-0.2, 0) is 17.8 Å². The maximum atomic E-state index is 14.7. The number of halogens is 2. The van der Waals surface area contributed by atoms with Gasteiger partial charge in [0.1, 0.15) is 5.52 Å². The summed E-state index contributed by atoms with van der Waals surface area (Å²) in [7, 11) is 0. The van der Waals surface area contributed by atoms with E-state index in [-0.39, 0.29) is 11.3 Å². The third-order valence-electron chi connectivity index (χ3n) is 4.78. The van der Waals surface area contributed by atoms with Gasteiger partial charge in [0.2, 0.25) is 0 Å². The number of hydrogen-bond donors (Lipinski definition) is 1. The van der Waals surface area contributed by atoms with Crippen molar-refractivity contribution in [2.45, 2.75) is 13.1 Å². The van der Waals surface area contributed by atoms with Crippen LogP contribution >= 0.6 is 11.6 Å². The third kappa shape index (κ3) is 4.21. The van der Waals surface area contributed by atoms with Crippen molar-refractivity contribution in [2.75, 3.05) is 31.6 Å². The Morgan fingerprint density at radius 1 is 1.11 bits per heavy atom. The maximum absolute atomic E-state index is 14.7. The van der Waals surface area contributed by atoms with Crippen LogP contribution in [0.25, 0.3) is 10.9 Å². The Hall–Kier alpha value is -2.21. The number of rotatable bonds is 5. The molecule has 6 heteroatoms. The second-order valence-electron chi connectivity index (χ2n) is 6.68. The maximum Gasteiger partial charge on any atom is 0.172 e. The topological polar surface area (TPSA) is 37.4 Å². The largest absolute Gasteiger partial charge is 0.379 e. The van der Waals surface area contributed by atoms with E-state index in [1.54, 1.807) is 18.2 Å². The van der Waals surface area contributed by atoms with E-state index in [1.807, 2.05) is 12.1 Å². The average molecular weight is 386 g/mol. The molecule has 1 N–H and O–H groups in total. The molecule has 2 aromatic carbocycles. The molecule has 0 aliphatic carbocycles. The van der Waals surface area contributed by atoms with Crippen molar-refractivity contribution < 1.29 is 9.13 Å². The first-order valence-electron chi connectivity index (χ1n) is 9.05. The van der Waals surface area contributed by atoms with Crippen molar-refractivity contribution in [2.24, 2.45) is 0 Å². The van der Waals surface area contributed by atoms with E-state index in [0.717, 1.165) is 38.4 Å². The number of nitrogens with zero attached hydrogens (tertiary/aromatic N) is 2. The fourth-order valence-electron chi connectivity index (χ4n) is 3.34. The molecule has 140 valence electrons. The van der Waals surface area contributed by atoms with Gasteiger partial charge in [0.15, 0.2) is 5.82 Å². The number of benzene rings is 2. The fourth-order valence-corrected chi connectivity index (χ4v) is 3.55. The van der Waals surface area contributed by atoms with Crippen molar-refractivity contribution >= 4 is 28.2 Å². The van der Waals surface area contributed by atoms with Crippen molar-refractivity contribution in [3.05, 3.63) is 70.6 Å². The zero-order valence-corrected chi connectivity index (χ0v) is 15.7. The summed E-state index contributed by atoms with van der Waals surface area (Å²) in [6, 6.07) is 13.6. The van der Waals surface area contributed by atoms with Gasteiger partial charge in [-0.2, -0.15) is 0 Å². The Labute approximate surface area is 162 Å². The van der Waals surface area contributed by atoms with Gasteiger partial charge in [0.25, 0.3) is 0 Å². The molecule has 2 heterocycles. The quantitative estimate of drug-likeness (QED) is 0.703. The zero-order chi connectivity index (χ0) is 18.6. The van der Waals surface area contributed by atoms with Gasteiger partial charge >= 0.3 is 0 Å². The smallest absolute Gasteiger partial charge is 0.172 e. The van der Waals surface area contributed by atoms with E-state index in [1.165, 1.54) is 11.8 Å². The minimum absolute atomic E-state index is 0.286. The molecule has 4 rings (SSSR count). The highest BCUT2D eigenvalue weighted by Crippen LogP contribution is 2.28. The van der Waals surface area contributed by atoms with Crippen LogP contribution in [0.4, 0.5) is 10.1 Å². The zero-order valence-electron chi connectivity index (χ0n) is 14.9. The molecule has 0 atom stereocenters. The lowest BCUT2D eigenvalue weighted by Crippen LogP contribution is -2.35. The molecule has 0 bridgehead atoms. The van der Waals surface area contributed by atoms with Gasteiger partial charge in [-0.05, 0) is 29.3 Å². The Kier molecular flexibility index (Phi) is 5.53. The summed E-state index contributed by atoms with van der Waals surface area (Å²) in [5.41, 5.74) is 3.08. The average Bonchev–Trinajstić information content (AvgIpc) is 2.69. The summed E-state index contributed by atoms with van der Waals surface area (Å²) >= 11 is 6.11. The molecule has 1 aromatic heterocycles. The highest BCUT2D eigenvalue weighted by atomic mass is 35.5. The number of hydrogen-bond acceptors (Lipinski definition) is 4. The number of morpholine rings is 1. The monoisotopic (exact) mass is 385 g/mol. The van der Waals surface area contributed by atoms with Crippen molar-refractivity contribution in [1.29, 1.82) is 0 Å². The van der Waals surface area contributed by atoms with Crippen molar-refractivity contribution in [3.8, 4) is 0 Å². The molecular formula is C21H21ClFN3O. The molecule has 0 spiro atoms. The van der Waals surface area contributed by atoms with Crippen LogP contribution in [0.5, 0.6) is 0 Å². The van der Waals surface area contributed by atoms with E-state index in [0.29, 0.717) is 22.6 Å². The molecule has 1 aliphatic rings. The molecule has 0 saturated carbocycles. The molecule has 0 amide bonds. The minimum atomic E-state index is -0.375. The van der Waals surface area contributed by atoms with Crippen molar-refractivity contribution in [1.82, 2.24) is 9.88 Å². The van der Waals surface area contributed by atoms with E-state index in [2.05, 4.69) is 27.3 Å². The number of aromatic nitrogens is 1. The molecule has 1 aliphatic heterocycles. The van der Waals surface area contributed by atoms with E-state index in [9.17, 15) is 4.39 Å². The van der Waals surface area contributed by atoms with Gasteiger partial charge in [-0.3, -0.25) is 9.88 Å². The summed E-state index contributed by atoms with van der Waals surface area (Å²) in [4.78, 5) is 6.50. The van der Waals surface area contributed by atoms with Crippen LogP contribution in [0.15, 0.2) is 48.7 Å². The summed E-state index contributed by atoms with van der Waals surface area (Å²) in [5.74, 6) is -0.375. The van der Waals surface area contributed by atoms with Crippen LogP contribution in [-0.4, -0.2) is 36.2 Å².